The summed E-state index contributed by atoms with van der Waals surface area (Å²) in [5.74, 6) is -0.376. The van der Waals surface area contributed by atoms with Crippen molar-refractivity contribution in [3.63, 3.8) is 0 Å². The first-order valence-electron chi connectivity index (χ1n) is 6.74. The number of methoxy groups -OCH3 is 1. The zero-order valence-corrected chi connectivity index (χ0v) is 12.3. The second-order valence-electron chi connectivity index (χ2n) is 5.18. The van der Waals surface area contributed by atoms with Crippen molar-refractivity contribution in [3.05, 3.63) is 41.6 Å². The summed E-state index contributed by atoms with van der Waals surface area (Å²) in [4.78, 5) is 18.3. The summed E-state index contributed by atoms with van der Waals surface area (Å²) in [6.45, 7) is 2.07. The number of hydrogen-bond acceptors (Lipinski definition) is 5. The van der Waals surface area contributed by atoms with Gasteiger partial charge in [-0.2, -0.15) is 0 Å². The Morgan fingerprint density at radius 2 is 2.19 bits per heavy atom. The molecule has 108 valence electrons. The number of nitrogens with zero attached hydrogens (tertiary/aromatic N) is 2. The van der Waals surface area contributed by atoms with Crippen LogP contribution in [0.2, 0.25) is 0 Å². The predicted octanol–water partition coefficient (Wildman–Crippen LogP) is 2.63. The van der Waals surface area contributed by atoms with Crippen molar-refractivity contribution in [3.8, 4) is 11.3 Å². The van der Waals surface area contributed by atoms with Gasteiger partial charge in [0.2, 0.25) is 0 Å². The van der Waals surface area contributed by atoms with E-state index in [2.05, 4.69) is 16.8 Å². The maximum Gasteiger partial charge on any atom is 0.339 e. The van der Waals surface area contributed by atoms with Crippen LogP contribution in [-0.4, -0.2) is 25.1 Å². The van der Waals surface area contributed by atoms with Gasteiger partial charge in [-0.1, -0.05) is 12.1 Å². The number of pyridine rings is 1. The Labute approximate surface area is 123 Å². The van der Waals surface area contributed by atoms with Crippen molar-refractivity contribution in [1.29, 1.82) is 0 Å². The molecule has 0 amide bonds. The van der Waals surface area contributed by atoms with Gasteiger partial charge in [-0.3, -0.25) is 4.98 Å². The highest BCUT2D eigenvalue weighted by Crippen LogP contribution is 2.45. The van der Waals surface area contributed by atoms with E-state index < -0.39 is 0 Å². The summed E-state index contributed by atoms with van der Waals surface area (Å²) in [6.07, 6.45) is 1.55. The first-order valence-corrected chi connectivity index (χ1v) is 6.74. The van der Waals surface area contributed by atoms with Gasteiger partial charge in [0, 0.05) is 24.4 Å². The number of carbonyl (C=O) groups excluding carboxylic acids is 1. The molecule has 1 aliphatic rings. The van der Waals surface area contributed by atoms with Crippen LogP contribution < -0.4 is 10.6 Å². The van der Waals surface area contributed by atoms with Crippen LogP contribution in [0.25, 0.3) is 11.3 Å². The van der Waals surface area contributed by atoms with Gasteiger partial charge in [-0.05, 0) is 19.1 Å². The molecule has 1 unspecified atom stereocenters. The van der Waals surface area contributed by atoms with Crippen LogP contribution in [0, 0.1) is 0 Å². The highest BCUT2D eigenvalue weighted by Gasteiger charge is 2.29. The van der Waals surface area contributed by atoms with E-state index in [9.17, 15) is 4.79 Å². The van der Waals surface area contributed by atoms with E-state index in [1.54, 1.807) is 6.20 Å². The monoisotopic (exact) mass is 283 g/mol. The fourth-order valence-electron chi connectivity index (χ4n) is 2.80. The number of nitrogens with two attached hydrogens (primary N) is 1. The molecule has 5 nitrogen and oxygen atoms in total. The molecule has 5 heteroatoms. The Morgan fingerprint density at radius 3 is 2.90 bits per heavy atom. The summed E-state index contributed by atoms with van der Waals surface area (Å²) in [7, 11) is 3.36. The second kappa shape index (κ2) is 4.77. The summed E-state index contributed by atoms with van der Waals surface area (Å²) in [5.41, 5.74) is 11.1. The van der Waals surface area contributed by atoms with Crippen molar-refractivity contribution in [2.45, 2.75) is 13.0 Å². The van der Waals surface area contributed by atoms with Gasteiger partial charge < -0.3 is 15.4 Å². The molecule has 0 saturated carbocycles. The molecule has 0 fully saturated rings. The van der Waals surface area contributed by atoms with Crippen molar-refractivity contribution in [2.24, 2.45) is 0 Å². The molecule has 0 aliphatic carbocycles. The third kappa shape index (κ3) is 1.93. The zero-order chi connectivity index (χ0) is 15.1. The number of benzene rings is 1. The van der Waals surface area contributed by atoms with E-state index in [0.717, 1.165) is 28.2 Å². The van der Waals surface area contributed by atoms with Crippen molar-refractivity contribution in [1.82, 2.24) is 4.98 Å². The third-order valence-corrected chi connectivity index (χ3v) is 4.04. The number of rotatable bonds is 1. The van der Waals surface area contributed by atoms with Gasteiger partial charge in [-0.15, -0.1) is 0 Å². The molecular weight excluding hydrogens is 266 g/mol. The lowest BCUT2D eigenvalue weighted by molar-refractivity contribution is 0.0600. The summed E-state index contributed by atoms with van der Waals surface area (Å²) < 4.78 is 4.77. The fraction of sp³-hybridized carbons (Fsp3) is 0.250. The minimum atomic E-state index is -0.376. The highest BCUT2D eigenvalue weighted by atomic mass is 16.5. The maximum atomic E-state index is 11.7. The molecule has 0 saturated heterocycles. The van der Waals surface area contributed by atoms with Gasteiger partial charge in [0.1, 0.15) is 0 Å². The Bertz CT molecular complexity index is 727. The fourth-order valence-corrected chi connectivity index (χ4v) is 2.80. The van der Waals surface area contributed by atoms with E-state index in [1.807, 2.05) is 31.3 Å². The van der Waals surface area contributed by atoms with Crippen LogP contribution in [-0.2, 0) is 4.74 Å². The molecule has 0 radical (unpaired) electrons. The van der Waals surface area contributed by atoms with E-state index in [4.69, 9.17) is 10.5 Å². The minimum absolute atomic E-state index is 0.0781. The van der Waals surface area contributed by atoms with E-state index in [0.29, 0.717) is 5.56 Å². The lowest BCUT2D eigenvalue weighted by Gasteiger charge is -2.36. The molecule has 21 heavy (non-hydrogen) atoms. The molecule has 1 aromatic heterocycles. The number of ether oxygens (including phenoxy) is 1. The minimum Gasteiger partial charge on any atom is -0.465 e. The van der Waals surface area contributed by atoms with Crippen molar-refractivity contribution >= 4 is 17.3 Å². The Balaban J connectivity index is 2.24. The van der Waals surface area contributed by atoms with Crippen LogP contribution in [0.4, 0.5) is 11.4 Å². The first-order chi connectivity index (χ1) is 10.0. The number of carbonyl (C=O) groups is 1. The number of nitrogen functional groups attached to an aromatic ring is 1. The molecule has 2 heterocycles. The SMILES string of the molecule is COC(=O)c1cnc2c(c1)C(C)N(C)c1c(N)cccc1-2. The molecular formula is C16H17N3O2. The second-order valence-corrected chi connectivity index (χ2v) is 5.18. The third-order valence-electron chi connectivity index (χ3n) is 4.04. The average Bonchev–Trinajstić information content (AvgIpc) is 2.51. The summed E-state index contributed by atoms with van der Waals surface area (Å²) in [5, 5.41) is 0. The van der Waals surface area contributed by atoms with Crippen LogP contribution in [0.3, 0.4) is 0 Å². The van der Waals surface area contributed by atoms with E-state index in [-0.39, 0.29) is 12.0 Å². The average molecular weight is 283 g/mol. The highest BCUT2D eigenvalue weighted by molar-refractivity contribution is 5.93. The van der Waals surface area contributed by atoms with Gasteiger partial charge in [0.15, 0.2) is 0 Å². The quantitative estimate of drug-likeness (QED) is 0.643. The van der Waals surface area contributed by atoms with Crippen molar-refractivity contribution in [2.75, 3.05) is 24.8 Å². The lowest BCUT2D eigenvalue weighted by Crippen LogP contribution is -2.28. The summed E-state index contributed by atoms with van der Waals surface area (Å²) in [6, 6.07) is 7.72. The molecule has 3 rings (SSSR count). The van der Waals surface area contributed by atoms with Crippen LogP contribution >= 0.6 is 0 Å². The number of hydrogen-bond donors (Lipinski definition) is 1. The zero-order valence-electron chi connectivity index (χ0n) is 12.3. The van der Waals surface area contributed by atoms with Crippen LogP contribution in [0.5, 0.6) is 0 Å². The van der Waals surface area contributed by atoms with Crippen LogP contribution in [0.1, 0.15) is 28.9 Å². The predicted molar refractivity (Wildman–Crippen MR) is 82.2 cm³/mol. The Hall–Kier alpha value is -2.56. The Morgan fingerprint density at radius 1 is 1.43 bits per heavy atom. The number of para-hydroxylation sites is 1. The smallest absolute Gasteiger partial charge is 0.339 e. The molecule has 1 aromatic carbocycles. The van der Waals surface area contributed by atoms with Crippen LogP contribution in [0.15, 0.2) is 30.5 Å². The molecule has 2 aromatic rings. The number of anilines is 2. The molecule has 2 N–H and O–H groups in total. The lowest BCUT2D eigenvalue weighted by atomic mass is 9.91. The van der Waals surface area contributed by atoms with Gasteiger partial charge in [0.05, 0.1) is 35.8 Å². The normalized spacial score (nSPS) is 16.1. The maximum absolute atomic E-state index is 11.7. The van der Waals surface area contributed by atoms with Gasteiger partial charge >= 0.3 is 5.97 Å². The largest absolute Gasteiger partial charge is 0.465 e. The summed E-state index contributed by atoms with van der Waals surface area (Å²) >= 11 is 0. The molecule has 0 bridgehead atoms. The number of aromatic nitrogens is 1. The topological polar surface area (TPSA) is 68.5 Å². The molecule has 0 spiro atoms. The molecule has 1 aliphatic heterocycles. The number of fused-ring (bicyclic) bond motifs is 3. The Kier molecular flexibility index (Phi) is 3.05. The van der Waals surface area contributed by atoms with Gasteiger partial charge in [-0.25, -0.2) is 4.79 Å². The van der Waals surface area contributed by atoms with Gasteiger partial charge in [0.25, 0.3) is 0 Å². The number of esters is 1. The van der Waals surface area contributed by atoms with Crippen molar-refractivity contribution < 1.29 is 9.53 Å². The first kappa shape index (κ1) is 13.4. The molecule has 1 atom stereocenters. The van der Waals surface area contributed by atoms with E-state index >= 15 is 0 Å². The van der Waals surface area contributed by atoms with E-state index in [1.165, 1.54) is 7.11 Å². The standard InChI is InChI=1S/C16H17N3O2/c1-9-12-7-10(16(20)21-3)8-18-14(12)11-5-4-6-13(17)15(11)19(9)2/h4-9H,17H2,1-3H3.